The molecule has 0 aliphatic rings. The lowest BCUT2D eigenvalue weighted by Crippen LogP contribution is -1.94. The number of benzene rings is 1. The van der Waals surface area contributed by atoms with E-state index < -0.39 is 0 Å². The van der Waals surface area contributed by atoms with Gasteiger partial charge in [-0.05, 0) is 47.2 Å². The molecule has 17 heavy (non-hydrogen) atoms. The number of aromatic nitrogens is 2. The van der Waals surface area contributed by atoms with Gasteiger partial charge in [0.2, 0.25) is 0 Å². The topological polar surface area (TPSA) is 44.2 Å². The zero-order chi connectivity index (χ0) is 12.3. The molecule has 5 heteroatoms. The van der Waals surface area contributed by atoms with E-state index in [1.807, 2.05) is 25.1 Å². The van der Waals surface area contributed by atoms with Gasteiger partial charge in [-0.15, -0.1) is 0 Å². The van der Waals surface area contributed by atoms with Crippen LogP contribution in [0.5, 0.6) is 17.5 Å². The second kappa shape index (κ2) is 5.31. The Morgan fingerprint density at radius 1 is 1.12 bits per heavy atom. The summed E-state index contributed by atoms with van der Waals surface area (Å²) in [6, 6.07) is 6.01. The third kappa shape index (κ3) is 3.06. The second-order valence-corrected chi connectivity index (χ2v) is 4.69. The Kier molecular flexibility index (Phi) is 3.78. The first-order chi connectivity index (χ1) is 8.19. The molecule has 1 aromatic carbocycles. The van der Waals surface area contributed by atoms with Crippen molar-refractivity contribution in [1.82, 2.24) is 9.97 Å². The molecular formula is C12H11IN2O2. The van der Waals surface area contributed by atoms with Crippen molar-refractivity contribution in [3.05, 3.63) is 39.7 Å². The van der Waals surface area contributed by atoms with Crippen LogP contribution in [0.15, 0.2) is 30.6 Å². The summed E-state index contributed by atoms with van der Waals surface area (Å²) in [5, 5.41) is 0. The van der Waals surface area contributed by atoms with Gasteiger partial charge in [-0.25, -0.2) is 9.97 Å². The van der Waals surface area contributed by atoms with Crippen molar-refractivity contribution in [2.24, 2.45) is 0 Å². The number of methoxy groups -OCH3 is 1. The van der Waals surface area contributed by atoms with Gasteiger partial charge in [-0.2, -0.15) is 0 Å². The van der Waals surface area contributed by atoms with Crippen molar-refractivity contribution in [1.29, 1.82) is 0 Å². The molecule has 0 bridgehead atoms. The highest BCUT2D eigenvalue weighted by Gasteiger charge is 2.07. The number of ether oxygens (including phenoxy) is 2. The number of nitrogens with zero attached hydrogens (tertiary/aromatic N) is 2. The third-order valence-electron chi connectivity index (χ3n) is 2.12. The van der Waals surface area contributed by atoms with Crippen LogP contribution in [0, 0.1) is 10.5 Å². The lowest BCUT2D eigenvalue weighted by atomic mass is 10.2. The Morgan fingerprint density at radius 3 is 2.47 bits per heavy atom. The molecule has 0 aliphatic carbocycles. The molecule has 0 saturated carbocycles. The van der Waals surface area contributed by atoms with Crippen molar-refractivity contribution < 1.29 is 9.47 Å². The quantitative estimate of drug-likeness (QED) is 0.804. The summed E-state index contributed by atoms with van der Waals surface area (Å²) in [6.07, 6.45) is 3.40. The summed E-state index contributed by atoms with van der Waals surface area (Å²) in [4.78, 5) is 8.15. The highest BCUT2D eigenvalue weighted by molar-refractivity contribution is 14.1. The molecule has 2 aromatic rings. The van der Waals surface area contributed by atoms with Crippen molar-refractivity contribution in [3.8, 4) is 17.5 Å². The van der Waals surface area contributed by atoms with Crippen LogP contribution in [0.1, 0.15) is 5.56 Å². The predicted molar refractivity (Wildman–Crippen MR) is 72.6 cm³/mol. The molecule has 0 atom stereocenters. The zero-order valence-electron chi connectivity index (χ0n) is 9.48. The summed E-state index contributed by atoms with van der Waals surface area (Å²) in [6.45, 7) is 1.99. The van der Waals surface area contributed by atoms with Gasteiger partial charge >= 0.3 is 6.01 Å². The van der Waals surface area contributed by atoms with E-state index in [9.17, 15) is 0 Å². The normalized spacial score (nSPS) is 10.1. The number of aryl methyl sites for hydroxylation is 1. The molecule has 0 N–H and O–H groups in total. The third-order valence-corrected chi connectivity index (χ3v) is 2.67. The molecule has 0 fully saturated rings. The molecule has 88 valence electrons. The number of hydrogen-bond acceptors (Lipinski definition) is 4. The fourth-order valence-electron chi connectivity index (χ4n) is 1.31. The monoisotopic (exact) mass is 342 g/mol. The molecule has 0 spiro atoms. The molecule has 0 aliphatic heterocycles. The predicted octanol–water partition coefficient (Wildman–Crippen LogP) is 3.19. The van der Waals surface area contributed by atoms with Gasteiger partial charge in [-0.1, -0.05) is 6.07 Å². The summed E-state index contributed by atoms with van der Waals surface area (Å²) in [5.74, 6) is 1.28. The van der Waals surface area contributed by atoms with E-state index in [1.54, 1.807) is 19.5 Å². The van der Waals surface area contributed by atoms with Gasteiger partial charge < -0.3 is 9.47 Å². The second-order valence-electron chi connectivity index (χ2n) is 3.44. The van der Waals surface area contributed by atoms with E-state index in [1.165, 1.54) is 0 Å². The number of hydrogen-bond donors (Lipinski definition) is 0. The van der Waals surface area contributed by atoms with E-state index in [-0.39, 0.29) is 0 Å². The van der Waals surface area contributed by atoms with Gasteiger partial charge in [0.15, 0.2) is 11.5 Å². The molecule has 2 rings (SSSR count). The highest BCUT2D eigenvalue weighted by atomic mass is 127. The van der Waals surface area contributed by atoms with Crippen molar-refractivity contribution in [2.45, 2.75) is 6.92 Å². The molecule has 1 heterocycles. The molecule has 0 saturated heterocycles. The van der Waals surface area contributed by atoms with Gasteiger partial charge in [0.1, 0.15) is 0 Å². The molecular weight excluding hydrogens is 331 g/mol. The summed E-state index contributed by atoms with van der Waals surface area (Å²) < 4.78 is 11.8. The average molecular weight is 342 g/mol. The first-order valence-electron chi connectivity index (χ1n) is 4.99. The Hall–Kier alpha value is -1.37. The largest absolute Gasteiger partial charge is 0.493 e. The zero-order valence-corrected chi connectivity index (χ0v) is 11.6. The maximum absolute atomic E-state index is 5.56. The van der Waals surface area contributed by atoms with E-state index >= 15 is 0 Å². The van der Waals surface area contributed by atoms with E-state index in [4.69, 9.17) is 9.47 Å². The number of halogens is 1. The molecule has 0 amide bonds. The summed E-state index contributed by atoms with van der Waals surface area (Å²) >= 11 is 2.14. The Balaban J connectivity index is 2.26. The van der Waals surface area contributed by atoms with Crippen LogP contribution in [0.4, 0.5) is 0 Å². The molecule has 4 nitrogen and oxygen atoms in total. The van der Waals surface area contributed by atoms with Crippen LogP contribution >= 0.6 is 22.6 Å². The van der Waals surface area contributed by atoms with Gasteiger partial charge in [0, 0.05) is 16.0 Å². The Morgan fingerprint density at radius 2 is 1.82 bits per heavy atom. The van der Waals surface area contributed by atoms with Crippen LogP contribution in [0.2, 0.25) is 0 Å². The Bertz CT molecular complexity index is 514. The maximum Gasteiger partial charge on any atom is 0.322 e. The van der Waals surface area contributed by atoms with Gasteiger partial charge in [0.05, 0.1) is 7.11 Å². The molecule has 0 unspecified atom stereocenters. The lowest BCUT2D eigenvalue weighted by Gasteiger charge is -2.09. The Labute approximate surface area is 113 Å². The minimum Gasteiger partial charge on any atom is -0.493 e. The maximum atomic E-state index is 5.56. The minimum absolute atomic E-state index is 0.313. The smallest absolute Gasteiger partial charge is 0.322 e. The standard InChI is InChI=1S/C12H11IN2O2/c1-8-3-4-10(11(5-8)16-2)17-12-14-6-9(13)7-15-12/h3-7H,1-2H3. The van der Waals surface area contributed by atoms with Gasteiger partial charge in [-0.3, -0.25) is 0 Å². The van der Waals surface area contributed by atoms with E-state index in [0.717, 1.165) is 9.13 Å². The highest BCUT2D eigenvalue weighted by Crippen LogP contribution is 2.30. The average Bonchev–Trinajstić information content (AvgIpc) is 2.34. The molecule has 1 aromatic heterocycles. The fraction of sp³-hybridized carbons (Fsp3) is 0.167. The van der Waals surface area contributed by atoms with Crippen LogP contribution in [0.3, 0.4) is 0 Å². The summed E-state index contributed by atoms with van der Waals surface area (Å²) in [5.41, 5.74) is 1.11. The van der Waals surface area contributed by atoms with E-state index in [0.29, 0.717) is 17.5 Å². The van der Waals surface area contributed by atoms with Crippen molar-refractivity contribution >= 4 is 22.6 Å². The van der Waals surface area contributed by atoms with E-state index in [2.05, 4.69) is 32.6 Å². The van der Waals surface area contributed by atoms with Crippen molar-refractivity contribution in [3.63, 3.8) is 0 Å². The summed E-state index contributed by atoms with van der Waals surface area (Å²) in [7, 11) is 1.61. The minimum atomic E-state index is 0.313. The molecule has 0 radical (unpaired) electrons. The van der Waals surface area contributed by atoms with Gasteiger partial charge in [0.25, 0.3) is 0 Å². The fourth-order valence-corrected chi connectivity index (χ4v) is 1.59. The lowest BCUT2D eigenvalue weighted by molar-refractivity contribution is 0.367. The first-order valence-corrected chi connectivity index (χ1v) is 6.07. The van der Waals surface area contributed by atoms with Crippen molar-refractivity contribution in [2.75, 3.05) is 7.11 Å². The van der Waals surface area contributed by atoms with Crippen LogP contribution in [0.25, 0.3) is 0 Å². The number of rotatable bonds is 3. The van der Waals surface area contributed by atoms with Crippen LogP contribution < -0.4 is 9.47 Å². The SMILES string of the molecule is COc1cc(C)ccc1Oc1ncc(I)cn1. The first kappa shape index (κ1) is 12.1. The van der Waals surface area contributed by atoms with Crippen LogP contribution in [-0.2, 0) is 0 Å². The van der Waals surface area contributed by atoms with Crippen LogP contribution in [-0.4, -0.2) is 17.1 Å².